The first-order valence-corrected chi connectivity index (χ1v) is 5.65. The van der Waals surface area contributed by atoms with E-state index in [0.29, 0.717) is 6.54 Å². The van der Waals surface area contributed by atoms with Crippen LogP contribution in [0.2, 0.25) is 0 Å². The van der Waals surface area contributed by atoms with Crippen molar-refractivity contribution in [2.45, 2.75) is 6.54 Å². The Bertz CT molecular complexity index is 357. The van der Waals surface area contributed by atoms with Gasteiger partial charge in [-0.25, -0.2) is 0 Å². The number of alkyl halides is 1. The largest absolute Gasteiger partial charge is 0.496 e. The molecule has 5 heteroatoms. The Kier molecular flexibility index (Phi) is 4.91. The third kappa shape index (κ3) is 3.39. The maximum Gasteiger partial charge on any atom is 0.235 e. The molecule has 1 rings (SSSR count). The Labute approximate surface area is 102 Å². The molecule has 1 N–H and O–H groups in total. The third-order valence-corrected chi connectivity index (χ3v) is 2.87. The number of carbonyl (C=O) groups is 1. The van der Waals surface area contributed by atoms with Crippen LogP contribution in [0.3, 0.4) is 0 Å². The van der Waals surface area contributed by atoms with Crippen LogP contribution >= 0.6 is 27.5 Å². The molecule has 3 nitrogen and oxygen atoms in total. The third-order valence-electron chi connectivity index (χ3n) is 1.88. The minimum Gasteiger partial charge on any atom is -0.496 e. The van der Waals surface area contributed by atoms with Crippen molar-refractivity contribution in [3.05, 3.63) is 28.2 Å². The van der Waals surface area contributed by atoms with Crippen molar-refractivity contribution >= 4 is 33.4 Å². The summed E-state index contributed by atoms with van der Waals surface area (Å²) < 4.78 is 6.08. The summed E-state index contributed by atoms with van der Waals surface area (Å²) >= 11 is 8.77. The Hall–Kier alpha value is -0.740. The van der Waals surface area contributed by atoms with Gasteiger partial charge in [0.15, 0.2) is 0 Å². The van der Waals surface area contributed by atoms with Crippen LogP contribution in [0.15, 0.2) is 22.7 Å². The van der Waals surface area contributed by atoms with Gasteiger partial charge in [-0.2, -0.15) is 0 Å². The van der Waals surface area contributed by atoms with Gasteiger partial charge in [-0.1, -0.05) is 22.0 Å². The molecule has 0 heterocycles. The molecule has 0 aromatic heterocycles. The van der Waals surface area contributed by atoms with Crippen LogP contribution in [0.5, 0.6) is 5.75 Å². The van der Waals surface area contributed by atoms with E-state index in [-0.39, 0.29) is 11.8 Å². The molecule has 0 aliphatic carbocycles. The van der Waals surface area contributed by atoms with Crippen LogP contribution in [0, 0.1) is 0 Å². The van der Waals surface area contributed by atoms with Crippen LogP contribution in [0.1, 0.15) is 5.56 Å². The highest BCUT2D eigenvalue weighted by Gasteiger charge is 2.08. The highest BCUT2D eigenvalue weighted by molar-refractivity contribution is 9.10. The molecule has 0 fully saturated rings. The minimum atomic E-state index is -0.200. The lowest BCUT2D eigenvalue weighted by atomic mass is 10.2. The molecule has 82 valence electrons. The van der Waals surface area contributed by atoms with E-state index in [0.717, 1.165) is 15.8 Å². The van der Waals surface area contributed by atoms with Gasteiger partial charge >= 0.3 is 0 Å². The summed E-state index contributed by atoms with van der Waals surface area (Å²) in [5.74, 6) is 0.501. The maximum absolute atomic E-state index is 11.0. The van der Waals surface area contributed by atoms with Crippen molar-refractivity contribution in [3.8, 4) is 5.75 Å². The highest BCUT2D eigenvalue weighted by Crippen LogP contribution is 2.26. The zero-order valence-corrected chi connectivity index (χ0v) is 10.6. The average molecular weight is 293 g/mol. The molecule has 0 saturated heterocycles. The van der Waals surface area contributed by atoms with Gasteiger partial charge in [0.2, 0.25) is 5.91 Å². The lowest BCUT2D eigenvalue weighted by Gasteiger charge is -2.10. The van der Waals surface area contributed by atoms with Crippen molar-refractivity contribution in [2.24, 2.45) is 0 Å². The van der Waals surface area contributed by atoms with Crippen LogP contribution in [-0.4, -0.2) is 18.9 Å². The summed E-state index contributed by atoms with van der Waals surface area (Å²) in [6.07, 6.45) is 0. The van der Waals surface area contributed by atoms with Gasteiger partial charge in [0.25, 0.3) is 0 Å². The molecular weight excluding hydrogens is 281 g/mol. The van der Waals surface area contributed by atoms with Crippen molar-refractivity contribution in [1.29, 1.82) is 0 Å². The van der Waals surface area contributed by atoms with Crippen molar-refractivity contribution in [3.63, 3.8) is 0 Å². The zero-order valence-electron chi connectivity index (χ0n) is 8.22. The summed E-state index contributed by atoms with van der Waals surface area (Å²) in [5.41, 5.74) is 0.901. The summed E-state index contributed by atoms with van der Waals surface area (Å²) in [6.45, 7) is 0.399. The van der Waals surface area contributed by atoms with Crippen LogP contribution in [0.4, 0.5) is 0 Å². The number of rotatable bonds is 4. The van der Waals surface area contributed by atoms with E-state index < -0.39 is 0 Å². The van der Waals surface area contributed by atoms with E-state index in [1.54, 1.807) is 7.11 Å². The summed E-state index contributed by atoms with van der Waals surface area (Å²) in [7, 11) is 1.59. The van der Waals surface area contributed by atoms with E-state index >= 15 is 0 Å². The highest BCUT2D eigenvalue weighted by atomic mass is 79.9. The van der Waals surface area contributed by atoms with Gasteiger partial charge in [0.05, 0.1) is 7.11 Å². The quantitative estimate of drug-likeness (QED) is 0.865. The number of benzene rings is 1. The number of hydrogen-bond acceptors (Lipinski definition) is 2. The van der Waals surface area contributed by atoms with Gasteiger partial charge in [-0.15, -0.1) is 11.6 Å². The number of halogens is 2. The van der Waals surface area contributed by atoms with Gasteiger partial charge in [0.1, 0.15) is 11.6 Å². The lowest BCUT2D eigenvalue weighted by Crippen LogP contribution is -2.24. The van der Waals surface area contributed by atoms with Gasteiger partial charge in [-0.05, 0) is 12.1 Å². The molecular formula is C10H11BrClNO2. The molecule has 1 aromatic carbocycles. The molecule has 0 spiro atoms. The minimum absolute atomic E-state index is 0.0350. The second-order valence-corrected chi connectivity index (χ2v) is 3.95. The van der Waals surface area contributed by atoms with Gasteiger partial charge < -0.3 is 10.1 Å². The van der Waals surface area contributed by atoms with Gasteiger partial charge in [-0.3, -0.25) is 4.79 Å². The fraction of sp³-hybridized carbons (Fsp3) is 0.300. The second-order valence-electron chi connectivity index (χ2n) is 2.83. The Morgan fingerprint density at radius 2 is 2.33 bits per heavy atom. The number of amides is 1. The Morgan fingerprint density at radius 3 is 2.93 bits per heavy atom. The predicted octanol–water partition coefficient (Wildman–Crippen LogP) is 2.31. The van der Waals surface area contributed by atoms with E-state index in [9.17, 15) is 4.79 Å². The van der Waals surface area contributed by atoms with Gasteiger partial charge in [0, 0.05) is 16.6 Å². The molecule has 1 aromatic rings. The summed E-state index contributed by atoms with van der Waals surface area (Å²) in [4.78, 5) is 11.0. The molecule has 0 aliphatic heterocycles. The van der Waals surface area contributed by atoms with E-state index in [2.05, 4.69) is 21.2 Å². The van der Waals surface area contributed by atoms with E-state index in [1.165, 1.54) is 0 Å². The maximum atomic E-state index is 11.0. The number of ether oxygens (including phenoxy) is 1. The molecule has 0 atom stereocenters. The first-order valence-electron chi connectivity index (χ1n) is 4.33. The lowest BCUT2D eigenvalue weighted by molar-refractivity contribution is -0.118. The summed E-state index contributed by atoms with van der Waals surface area (Å²) in [6, 6.07) is 5.60. The van der Waals surface area contributed by atoms with Crippen molar-refractivity contribution < 1.29 is 9.53 Å². The predicted molar refractivity (Wildman–Crippen MR) is 63.3 cm³/mol. The molecule has 15 heavy (non-hydrogen) atoms. The SMILES string of the molecule is COc1cccc(Br)c1CNC(=O)CCl. The summed E-state index contributed by atoms with van der Waals surface area (Å²) in [5, 5.41) is 2.68. The zero-order chi connectivity index (χ0) is 11.3. The van der Waals surface area contributed by atoms with Crippen LogP contribution in [-0.2, 0) is 11.3 Å². The standard InChI is InChI=1S/C10H11BrClNO2/c1-15-9-4-2-3-8(11)7(9)6-13-10(14)5-12/h2-4H,5-6H2,1H3,(H,13,14). The first-order chi connectivity index (χ1) is 7.19. The topological polar surface area (TPSA) is 38.3 Å². The molecule has 0 aliphatic rings. The van der Waals surface area contributed by atoms with E-state index in [4.69, 9.17) is 16.3 Å². The number of carbonyl (C=O) groups excluding carboxylic acids is 1. The molecule has 0 unspecified atom stereocenters. The van der Waals surface area contributed by atoms with E-state index in [1.807, 2.05) is 18.2 Å². The van der Waals surface area contributed by atoms with Crippen LogP contribution in [0.25, 0.3) is 0 Å². The Balaban J connectivity index is 2.78. The molecule has 0 saturated carbocycles. The Morgan fingerprint density at radius 1 is 1.60 bits per heavy atom. The van der Waals surface area contributed by atoms with Crippen LogP contribution < -0.4 is 10.1 Å². The normalized spacial score (nSPS) is 9.80. The average Bonchev–Trinajstić information content (AvgIpc) is 2.26. The first kappa shape index (κ1) is 12.3. The fourth-order valence-electron chi connectivity index (χ4n) is 1.14. The van der Waals surface area contributed by atoms with Crippen molar-refractivity contribution in [1.82, 2.24) is 5.32 Å². The molecule has 0 bridgehead atoms. The number of nitrogens with one attached hydrogen (secondary N) is 1. The molecule has 0 radical (unpaired) electrons. The fourth-order valence-corrected chi connectivity index (χ4v) is 1.72. The van der Waals surface area contributed by atoms with Crippen molar-refractivity contribution in [2.75, 3.05) is 13.0 Å². The monoisotopic (exact) mass is 291 g/mol. The second kappa shape index (κ2) is 5.98. The number of hydrogen-bond donors (Lipinski definition) is 1. The molecule has 1 amide bonds. The smallest absolute Gasteiger partial charge is 0.235 e. The number of methoxy groups -OCH3 is 1.